The number of benzene rings is 2. The fraction of sp³-hybridized carbons (Fsp3) is 0.458. The third kappa shape index (κ3) is 4.85. The van der Waals surface area contributed by atoms with Crippen molar-refractivity contribution in [1.82, 2.24) is 9.62 Å². The second-order valence-corrected chi connectivity index (χ2v) is 11.3. The second kappa shape index (κ2) is 9.38. The van der Waals surface area contributed by atoms with Crippen LogP contribution in [0, 0.1) is 17.0 Å². The summed E-state index contributed by atoms with van der Waals surface area (Å²) in [5, 5.41) is 10.2. The molecule has 6 nitrogen and oxygen atoms in total. The van der Waals surface area contributed by atoms with Crippen LogP contribution in [0.2, 0.25) is 0 Å². The number of hydrogen-bond donors (Lipinski definition) is 2. The highest BCUT2D eigenvalue weighted by molar-refractivity contribution is 7.89. The highest BCUT2D eigenvalue weighted by Gasteiger charge is 2.63. The largest absolute Gasteiger partial charge is 0.375 e. The van der Waals surface area contributed by atoms with E-state index in [9.17, 15) is 35.9 Å². The molecule has 2 N–H and O–H groups in total. The average molecular weight is 533 g/mol. The summed E-state index contributed by atoms with van der Waals surface area (Å²) >= 11 is 0. The Morgan fingerprint density at radius 3 is 2.42 bits per heavy atom. The molecule has 2 fully saturated rings. The van der Waals surface area contributed by atoms with E-state index in [0.29, 0.717) is 25.3 Å². The van der Waals surface area contributed by atoms with E-state index in [2.05, 4.69) is 4.72 Å². The predicted octanol–water partition coefficient (Wildman–Crippen LogP) is 3.40. The summed E-state index contributed by atoms with van der Waals surface area (Å²) in [6, 6.07) is 5.73. The van der Waals surface area contributed by atoms with Gasteiger partial charge in [0.25, 0.3) is 12.3 Å². The zero-order valence-corrected chi connectivity index (χ0v) is 20.0. The first kappa shape index (κ1) is 26.5. The fourth-order valence-corrected chi connectivity index (χ4v) is 5.74. The van der Waals surface area contributed by atoms with Gasteiger partial charge < -0.3 is 10.0 Å². The fourth-order valence-electron chi connectivity index (χ4n) is 4.88. The number of carbonyl (C=O) groups is 1. The molecule has 1 aliphatic heterocycles. The van der Waals surface area contributed by atoms with Gasteiger partial charge in [-0.25, -0.2) is 35.1 Å². The number of halogens is 5. The molecular formula is C24H25F5N2O4S. The van der Waals surface area contributed by atoms with Gasteiger partial charge >= 0.3 is 0 Å². The highest BCUT2D eigenvalue weighted by atomic mass is 32.2. The van der Waals surface area contributed by atoms with Crippen LogP contribution >= 0.6 is 0 Å². The van der Waals surface area contributed by atoms with Crippen molar-refractivity contribution in [3.05, 3.63) is 59.7 Å². The van der Waals surface area contributed by atoms with Crippen molar-refractivity contribution in [3.63, 3.8) is 0 Å². The minimum Gasteiger partial charge on any atom is -0.375 e. The van der Waals surface area contributed by atoms with Gasteiger partial charge in [-0.15, -0.1) is 0 Å². The Morgan fingerprint density at radius 2 is 1.86 bits per heavy atom. The number of nitrogens with one attached hydrogen (secondary N) is 1. The van der Waals surface area contributed by atoms with E-state index in [1.165, 1.54) is 0 Å². The molecule has 36 heavy (non-hydrogen) atoms. The van der Waals surface area contributed by atoms with E-state index in [0.717, 1.165) is 17.0 Å². The molecule has 2 aromatic rings. The number of amides is 1. The summed E-state index contributed by atoms with van der Waals surface area (Å²) < 4.78 is 96.7. The summed E-state index contributed by atoms with van der Waals surface area (Å²) in [4.78, 5) is 13.9. The highest BCUT2D eigenvalue weighted by Crippen LogP contribution is 2.56. The van der Waals surface area contributed by atoms with Gasteiger partial charge in [0.05, 0.1) is 6.04 Å². The van der Waals surface area contributed by atoms with E-state index in [1.54, 1.807) is 30.3 Å². The Hall–Kier alpha value is -2.57. The van der Waals surface area contributed by atoms with Gasteiger partial charge in [0.1, 0.15) is 11.6 Å². The summed E-state index contributed by atoms with van der Waals surface area (Å²) in [5.74, 6) is -3.02. The number of hydrogen-bond acceptors (Lipinski definition) is 4. The van der Waals surface area contributed by atoms with Crippen LogP contribution in [0.25, 0.3) is 11.1 Å². The van der Waals surface area contributed by atoms with Crippen LogP contribution in [0.5, 0.6) is 0 Å². The number of alkyl halides is 3. The quantitative estimate of drug-likeness (QED) is 0.511. The summed E-state index contributed by atoms with van der Waals surface area (Å²) in [6.45, 7) is 0.424. The number of carbonyl (C=O) groups excluding carboxylic acids is 1. The maximum absolute atomic E-state index is 15.6. The van der Waals surface area contributed by atoms with Gasteiger partial charge in [0, 0.05) is 23.6 Å². The molecule has 1 amide bonds. The van der Waals surface area contributed by atoms with E-state index in [4.69, 9.17) is 0 Å². The maximum atomic E-state index is 15.6. The van der Waals surface area contributed by atoms with Crippen LogP contribution in [0.15, 0.2) is 42.5 Å². The van der Waals surface area contributed by atoms with Crippen molar-refractivity contribution < 1.29 is 40.3 Å². The first-order chi connectivity index (χ1) is 16.8. The zero-order chi connectivity index (χ0) is 26.5. The van der Waals surface area contributed by atoms with Crippen LogP contribution in [-0.4, -0.2) is 61.0 Å². The molecule has 2 aromatic carbocycles. The Bertz CT molecular complexity index is 1250. The maximum Gasteiger partial charge on any atom is 0.275 e. The lowest BCUT2D eigenvalue weighted by molar-refractivity contribution is -0.166. The van der Waals surface area contributed by atoms with Crippen LogP contribution in [0.4, 0.5) is 22.0 Å². The second-order valence-electron chi connectivity index (χ2n) is 9.63. The molecule has 1 saturated carbocycles. The van der Waals surface area contributed by atoms with E-state index in [-0.39, 0.29) is 17.7 Å². The zero-order valence-electron chi connectivity index (χ0n) is 19.2. The van der Waals surface area contributed by atoms with Crippen molar-refractivity contribution >= 4 is 15.9 Å². The molecular weight excluding hydrogens is 507 g/mol. The van der Waals surface area contributed by atoms with Crippen molar-refractivity contribution in [1.29, 1.82) is 0 Å². The van der Waals surface area contributed by atoms with Gasteiger partial charge in [-0.2, -0.15) is 0 Å². The van der Waals surface area contributed by atoms with Crippen LogP contribution in [-0.2, 0) is 21.2 Å². The number of sulfonamides is 1. The topological polar surface area (TPSA) is 86.7 Å². The number of likely N-dealkylation sites (tertiary alicyclic amines) is 1. The van der Waals surface area contributed by atoms with Crippen LogP contribution < -0.4 is 4.72 Å². The molecule has 196 valence electrons. The molecule has 0 bridgehead atoms. The monoisotopic (exact) mass is 532 g/mol. The van der Waals surface area contributed by atoms with E-state index in [1.807, 2.05) is 0 Å². The minimum atomic E-state index is -4.46. The van der Waals surface area contributed by atoms with E-state index < -0.39 is 69.5 Å². The van der Waals surface area contributed by atoms with Crippen molar-refractivity contribution in [2.24, 2.45) is 5.41 Å². The summed E-state index contributed by atoms with van der Waals surface area (Å²) in [7, 11) is -4.46. The van der Waals surface area contributed by atoms with Crippen molar-refractivity contribution in [3.8, 4) is 11.1 Å². The smallest absolute Gasteiger partial charge is 0.275 e. The molecule has 0 unspecified atom stereocenters. The minimum absolute atomic E-state index is 0.0805. The normalized spacial score (nSPS) is 22.7. The lowest BCUT2D eigenvalue weighted by Gasteiger charge is -2.33. The van der Waals surface area contributed by atoms with Crippen molar-refractivity contribution in [2.45, 2.75) is 50.3 Å². The Balaban J connectivity index is 1.79. The van der Waals surface area contributed by atoms with E-state index >= 15 is 4.39 Å². The molecule has 0 aromatic heterocycles. The molecule has 4 rings (SSSR count). The van der Waals surface area contributed by atoms with Gasteiger partial charge in [0.2, 0.25) is 21.6 Å². The third-order valence-corrected chi connectivity index (χ3v) is 7.92. The molecule has 1 heterocycles. The third-order valence-electron chi connectivity index (χ3n) is 7.02. The van der Waals surface area contributed by atoms with Crippen LogP contribution in [0.1, 0.15) is 25.3 Å². The van der Waals surface area contributed by atoms with Gasteiger partial charge in [-0.3, -0.25) is 4.79 Å². The molecule has 0 radical (unpaired) electrons. The Morgan fingerprint density at radius 1 is 1.22 bits per heavy atom. The lowest BCUT2D eigenvalue weighted by atomic mass is 9.91. The van der Waals surface area contributed by atoms with Crippen molar-refractivity contribution in [2.75, 3.05) is 12.6 Å². The summed E-state index contributed by atoms with van der Waals surface area (Å²) in [5.41, 5.74) is -3.94. The van der Waals surface area contributed by atoms with Gasteiger partial charge in [-0.1, -0.05) is 30.3 Å². The average Bonchev–Trinajstić information content (AvgIpc) is 3.56. The van der Waals surface area contributed by atoms with Gasteiger partial charge in [0.15, 0.2) is 0 Å². The van der Waals surface area contributed by atoms with Gasteiger partial charge in [-0.05, 0) is 49.4 Å². The SMILES string of the molecule is C[C@](O)(C(=O)N1CC2(CC2)[C@H](NS(=O)(=O)CF)[C@@H]1Cc1cc(F)cc(-c2ccccc2)c1F)C(F)F. The molecule has 12 heteroatoms. The molecule has 2 aliphatic rings. The Labute approximate surface area is 205 Å². The first-order valence-corrected chi connectivity index (χ1v) is 12.9. The molecule has 1 spiro atoms. The predicted molar refractivity (Wildman–Crippen MR) is 121 cm³/mol. The molecule has 1 aliphatic carbocycles. The number of rotatable bonds is 8. The Kier molecular flexibility index (Phi) is 6.91. The number of nitrogens with zero attached hydrogens (tertiary/aromatic N) is 1. The van der Waals surface area contributed by atoms with Crippen LogP contribution in [0.3, 0.4) is 0 Å². The summed E-state index contributed by atoms with van der Waals surface area (Å²) in [6.07, 6.45) is -3.14. The number of aliphatic hydroxyl groups is 1. The molecule has 1 saturated heterocycles. The standard InChI is InChI=1S/C24H25F5N2O4S/c1-23(33,21(28)29)22(32)31-12-24(7-8-24)20(30-36(34,35)13-25)18(31)10-15-9-16(26)11-17(19(15)27)14-5-3-2-4-6-14/h2-6,9,11,18,20-21,30,33H,7-8,10,12-13H2,1H3/t18-,20+,23+/m0/s1. The lowest BCUT2D eigenvalue weighted by Crippen LogP contribution is -2.56. The first-order valence-electron chi connectivity index (χ1n) is 11.2. The molecule has 3 atom stereocenters.